The van der Waals surface area contributed by atoms with Gasteiger partial charge in [0.05, 0.1) is 40.0 Å². The topological polar surface area (TPSA) is 103 Å². The highest BCUT2D eigenvalue weighted by atomic mass is 35.5. The maximum atomic E-state index is 13.4. The third-order valence-electron chi connectivity index (χ3n) is 6.18. The second-order valence-electron chi connectivity index (χ2n) is 8.15. The smallest absolute Gasteiger partial charge is 0.417 e. The molecular formula is C22H14ClF4N5O3. The summed E-state index contributed by atoms with van der Waals surface area (Å²) in [4.78, 5) is 27.3. The van der Waals surface area contributed by atoms with E-state index in [4.69, 9.17) is 16.9 Å². The van der Waals surface area contributed by atoms with E-state index in [9.17, 15) is 32.3 Å². The quantitative estimate of drug-likeness (QED) is 0.496. The van der Waals surface area contributed by atoms with Crippen molar-refractivity contribution in [2.45, 2.75) is 24.7 Å². The van der Waals surface area contributed by atoms with Gasteiger partial charge < -0.3 is 15.3 Å². The number of nitrogens with one attached hydrogen (secondary N) is 1. The molecule has 0 aliphatic carbocycles. The van der Waals surface area contributed by atoms with Gasteiger partial charge in [-0.3, -0.25) is 4.57 Å². The zero-order valence-corrected chi connectivity index (χ0v) is 18.2. The van der Waals surface area contributed by atoms with Crippen LogP contribution in [0.25, 0.3) is 5.69 Å². The van der Waals surface area contributed by atoms with Gasteiger partial charge in [0.25, 0.3) is 0 Å². The Kier molecular flexibility index (Phi) is 5.06. The Morgan fingerprint density at radius 1 is 1.23 bits per heavy atom. The third kappa shape index (κ3) is 3.50. The standard InChI is InChI=1S/C22H14ClF4N5O3/c23-15-5-11(2-4-16(15)24)29-20(34)30-9-13-7-17(30)18-19(33)32(21(35)31(13)18)12-3-1-10(8-28)14(6-12)22(25,26)27/h1-6,13,17,33H,7,9H2,(H,29,34)/t13-,17-/m0/s1. The maximum Gasteiger partial charge on any atom is 0.417 e. The highest BCUT2D eigenvalue weighted by molar-refractivity contribution is 6.31. The fourth-order valence-electron chi connectivity index (χ4n) is 4.68. The fourth-order valence-corrected chi connectivity index (χ4v) is 4.86. The van der Waals surface area contributed by atoms with E-state index < -0.39 is 52.8 Å². The summed E-state index contributed by atoms with van der Waals surface area (Å²) >= 11 is 5.74. The summed E-state index contributed by atoms with van der Waals surface area (Å²) in [5.41, 5.74) is -2.55. The number of rotatable bonds is 2. The molecule has 1 saturated heterocycles. The van der Waals surface area contributed by atoms with Crippen LogP contribution in [0.1, 0.15) is 35.3 Å². The van der Waals surface area contributed by atoms with Gasteiger partial charge in [0.1, 0.15) is 11.5 Å². The van der Waals surface area contributed by atoms with Crippen LogP contribution in [0.5, 0.6) is 5.88 Å². The lowest BCUT2D eigenvalue weighted by molar-refractivity contribution is -0.137. The second-order valence-corrected chi connectivity index (χ2v) is 8.56. The van der Waals surface area contributed by atoms with E-state index in [0.29, 0.717) is 12.5 Å². The Labute approximate surface area is 199 Å². The predicted molar refractivity (Wildman–Crippen MR) is 115 cm³/mol. The third-order valence-corrected chi connectivity index (χ3v) is 6.47. The monoisotopic (exact) mass is 507 g/mol. The number of aromatic hydroxyl groups is 1. The summed E-state index contributed by atoms with van der Waals surface area (Å²) in [7, 11) is 0. The number of hydrogen-bond acceptors (Lipinski definition) is 4. The van der Waals surface area contributed by atoms with Crippen LogP contribution in [0.2, 0.25) is 5.02 Å². The number of likely N-dealkylation sites (tertiary alicyclic amines) is 1. The zero-order valence-electron chi connectivity index (χ0n) is 17.5. The van der Waals surface area contributed by atoms with E-state index in [1.54, 1.807) is 0 Å². The summed E-state index contributed by atoms with van der Waals surface area (Å²) in [6.45, 7) is 0.114. The van der Waals surface area contributed by atoms with Crippen molar-refractivity contribution in [3.05, 3.63) is 74.5 Å². The first-order chi connectivity index (χ1) is 16.5. The summed E-state index contributed by atoms with van der Waals surface area (Å²) in [5, 5.41) is 22.3. The molecule has 3 heterocycles. The summed E-state index contributed by atoms with van der Waals surface area (Å²) < 4.78 is 55.6. The lowest BCUT2D eigenvalue weighted by Gasteiger charge is -2.27. The van der Waals surface area contributed by atoms with Gasteiger partial charge in [0.2, 0.25) is 5.88 Å². The van der Waals surface area contributed by atoms with E-state index in [-0.39, 0.29) is 28.6 Å². The first-order valence-electron chi connectivity index (χ1n) is 10.2. The molecule has 1 aromatic heterocycles. The number of nitrogens with zero attached hydrogens (tertiary/aromatic N) is 4. The Morgan fingerprint density at radius 2 is 1.97 bits per heavy atom. The van der Waals surface area contributed by atoms with Crippen LogP contribution in [0.3, 0.4) is 0 Å². The van der Waals surface area contributed by atoms with Crippen molar-refractivity contribution < 1.29 is 27.5 Å². The van der Waals surface area contributed by atoms with Crippen LogP contribution in [-0.4, -0.2) is 31.7 Å². The average Bonchev–Trinajstić information content (AvgIpc) is 3.46. The molecule has 2 bridgehead atoms. The van der Waals surface area contributed by atoms with Crippen LogP contribution < -0.4 is 11.0 Å². The molecule has 13 heteroatoms. The number of aromatic nitrogens is 2. The van der Waals surface area contributed by atoms with E-state index in [2.05, 4.69) is 5.32 Å². The van der Waals surface area contributed by atoms with Gasteiger partial charge in [-0.2, -0.15) is 18.4 Å². The van der Waals surface area contributed by atoms with Gasteiger partial charge in [0.15, 0.2) is 0 Å². The number of hydrogen-bond donors (Lipinski definition) is 2. The van der Waals surface area contributed by atoms with Crippen LogP contribution in [0, 0.1) is 17.1 Å². The molecule has 35 heavy (non-hydrogen) atoms. The minimum absolute atomic E-state index is 0.0939. The molecule has 2 N–H and O–H groups in total. The van der Waals surface area contributed by atoms with E-state index in [1.165, 1.54) is 27.7 Å². The molecule has 2 aromatic carbocycles. The average molecular weight is 508 g/mol. The van der Waals surface area contributed by atoms with Gasteiger partial charge >= 0.3 is 17.9 Å². The molecule has 3 aromatic rings. The molecule has 1 fully saturated rings. The van der Waals surface area contributed by atoms with Crippen molar-refractivity contribution >= 4 is 23.3 Å². The maximum absolute atomic E-state index is 13.4. The number of halogens is 5. The number of anilines is 1. The molecule has 2 amide bonds. The number of carbonyl (C=O) groups excluding carboxylic acids is 1. The normalized spacial score (nSPS) is 18.5. The fraction of sp³-hybridized carbons (Fsp3) is 0.227. The van der Waals surface area contributed by atoms with Gasteiger partial charge in [-0.25, -0.2) is 18.5 Å². The van der Waals surface area contributed by atoms with Gasteiger partial charge in [0, 0.05) is 12.2 Å². The highest BCUT2D eigenvalue weighted by Crippen LogP contribution is 2.49. The molecule has 2 aliphatic heterocycles. The van der Waals surface area contributed by atoms with Crippen molar-refractivity contribution in [1.82, 2.24) is 14.0 Å². The number of amides is 2. The SMILES string of the molecule is N#Cc1ccc(-n2c(O)c3n(c2=O)[C@H]2C[C@@H]3N(C(=O)Nc3ccc(F)c(Cl)c3)C2)cc1C(F)(F)F. The molecule has 2 aliphatic rings. The molecule has 0 spiro atoms. The molecule has 0 saturated carbocycles. The molecule has 5 rings (SSSR count). The highest BCUT2D eigenvalue weighted by Gasteiger charge is 2.49. The number of benzene rings is 2. The number of fused-ring (bicyclic) bond motifs is 5. The number of nitriles is 1. The first-order valence-corrected chi connectivity index (χ1v) is 10.6. The largest absolute Gasteiger partial charge is 0.493 e. The van der Waals surface area contributed by atoms with Crippen LogP contribution in [0.4, 0.5) is 28.0 Å². The Morgan fingerprint density at radius 3 is 2.63 bits per heavy atom. The Hall–Kier alpha value is -3.98. The Balaban J connectivity index is 1.50. The van der Waals surface area contributed by atoms with Crippen molar-refractivity contribution in [3.63, 3.8) is 0 Å². The van der Waals surface area contributed by atoms with Gasteiger partial charge in [-0.15, -0.1) is 0 Å². The summed E-state index contributed by atoms with van der Waals surface area (Å²) in [6, 6.07) is 5.99. The summed E-state index contributed by atoms with van der Waals surface area (Å²) in [6.07, 6.45) is -4.52. The summed E-state index contributed by atoms with van der Waals surface area (Å²) in [5.74, 6) is -1.25. The predicted octanol–water partition coefficient (Wildman–Crippen LogP) is 4.56. The lowest BCUT2D eigenvalue weighted by Crippen LogP contribution is -2.40. The van der Waals surface area contributed by atoms with E-state index in [1.807, 2.05) is 0 Å². The van der Waals surface area contributed by atoms with E-state index >= 15 is 0 Å². The van der Waals surface area contributed by atoms with Crippen molar-refractivity contribution in [2.24, 2.45) is 0 Å². The number of alkyl halides is 3. The minimum Gasteiger partial charge on any atom is -0.493 e. The zero-order chi connectivity index (χ0) is 25.2. The lowest BCUT2D eigenvalue weighted by atomic mass is 10.1. The van der Waals surface area contributed by atoms with Crippen LogP contribution in [0.15, 0.2) is 41.2 Å². The molecule has 8 nitrogen and oxygen atoms in total. The van der Waals surface area contributed by atoms with Crippen LogP contribution in [-0.2, 0) is 6.18 Å². The van der Waals surface area contributed by atoms with Gasteiger partial charge in [-0.05, 0) is 42.8 Å². The number of imidazole rings is 1. The van der Waals surface area contributed by atoms with Crippen molar-refractivity contribution in [3.8, 4) is 17.6 Å². The number of urea groups is 1. The Bertz CT molecular complexity index is 1490. The molecular weight excluding hydrogens is 494 g/mol. The molecule has 180 valence electrons. The molecule has 2 atom stereocenters. The minimum atomic E-state index is -4.85. The van der Waals surface area contributed by atoms with E-state index in [0.717, 1.165) is 22.8 Å². The number of carbonyl (C=O) groups is 1. The van der Waals surface area contributed by atoms with Crippen LogP contribution >= 0.6 is 11.6 Å². The van der Waals surface area contributed by atoms with Crippen molar-refractivity contribution in [1.29, 1.82) is 5.26 Å². The molecule has 0 radical (unpaired) electrons. The first kappa shape index (κ1) is 22.8. The van der Waals surface area contributed by atoms with Crippen molar-refractivity contribution in [2.75, 3.05) is 11.9 Å². The molecule has 0 unspecified atom stereocenters. The second kappa shape index (κ2) is 7.78. The van der Waals surface area contributed by atoms with Gasteiger partial charge in [-0.1, -0.05) is 11.6 Å².